The number of rotatable bonds is 4. The van der Waals surface area contributed by atoms with Crippen molar-refractivity contribution < 1.29 is 4.74 Å². The van der Waals surface area contributed by atoms with Crippen LogP contribution in [0, 0.1) is 0 Å². The van der Waals surface area contributed by atoms with Crippen LogP contribution in [0.4, 0.5) is 0 Å². The van der Waals surface area contributed by atoms with E-state index in [-0.39, 0.29) is 0 Å². The van der Waals surface area contributed by atoms with Crippen molar-refractivity contribution in [2.75, 3.05) is 32.8 Å². The molecule has 1 aromatic carbocycles. The zero-order valence-electron chi connectivity index (χ0n) is 10.1. The van der Waals surface area contributed by atoms with Crippen molar-refractivity contribution >= 4 is 34.8 Å². The summed E-state index contributed by atoms with van der Waals surface area (Å²) in [6, 6.07) is 3.54. The quantitative estimate of drug-likeness (QED) is 0.782. The molecule has 2 rings (SSSR count). The minimum atomic E-state index is 0.572. The van der Waals surface area contributed by atoms with Crippen LogP contribution in [0.25, 0.3) is 0 Å². The Balaban J connectivity index is 1.88. The lowest BCUT2D eigenvalue weighted by atomic mass is 10.1. The number of nitrogens with zero attached hydrogens (tertiary/aromatic N) is 1. The summed E-state index contributed by atoms with van der Waals surface area (Å²) >= 11 is 18.3. The van der Waals surface area contributed by atoms with Gasteiger partial charge in [-0.1, -0.05) is 34.8 Å². The second kappa shape index (κ2) is 6.97. The first-order valence-corrected chi connectivity index (χ1v) is 7.24. The van der Waals surface area contributed by atoms with Crippen LogP contribution in [-0.2, 0) is 11.2 Å². The summed E-state index contributed by atoms with van der Waals surface area (Å²) < 4.78 is 5.32. The van der Waals surface area contributed by atoms with Gasteiger partial charge in [0.2, 0.25) is 0 Å². The molecule has 0 radical (unpaired) electrons. The summed E-state index contributed by atoms with van der Waals surface area (Å²) in [6.07, 6.45) is 1.88. The summed E-state index contributed by atoms with van der Waals surface area (Å²) in [6.45, 7) is 4.73. The second-order valence-corrected chi connectivity index (χ2v) is 5.57. The highest BCUT2D eigenvalue weighted by Gasteiger charge is 2.12. The molecule has 1 aliphatic heterocycles. The van der Waals surface area contributed by atoms with E-state index in [0.29, 0.717) is 15.1 Å². The van der Waals surface area contributed by atoms with Crippen molar-refractivity contribution in [3.05, 3.63) is 32.8 Å². The molecule has 1 saturated heterocycles. The van der Waals surface area contributed by atoms with E-state index in [2.05, 4.69) is 4.90 Å². The lowest BCUT2D eigenvalue weighted by Gasteiger charge is -2.26. The van der Waals surface area contributed by atoms with Crippen LogP contribution in [-0.4, -0.2) is 37.7 Å². The minimum absolute atomic E-state index is 0.572. The third-order valence-electron chi connectivity index (χ3n) is 3.14. The molecule has 0 bridgehead atoms. The first-order valence-electron chi connectivity index (χ1n) is 6.11. The Labute approximate surface area is 123 Å². The monoisotopic (exact) mass is 307 g/mol. The highest BCUT2D eigenvalue weighted by atomic mass is 35.5. The Kier molecular flexibility index (Phi) is 5.58. The molecule has 0 unspecified atom stereocenters. The third kappa shape index (κ3) is 3.75. The largest absolute Gasteiger partial charge is 0.379 e. The third-order valence-corrected chi connectivity index (χ3v) is 4.34. The lowest BCUT2D eigenvalue weighted by molar-refractivity contribution is 0.0375. The smallest absolute Gasteiger partial charge is 0.0639 e. The standard InChI is InChI=1S/C13H16Cl3NO/c14-11-3-4-12(15)13(16)10(11)2-1-5-17-6-8-18-9-7-17/h3-4H,1-2,5-9H2. The zero-order valence-corrected chi connectivity index (χ0v) is 12.4. The fourth-order valence-electron chi connectivity index (χ4n) is 2.10. The maximum absolute atomic E-state index is 6.17. The molecule has 1 fully saturated rings. The number of ether oxygens (including phenoxy) is 1. The van der Waals surface area contributed by atoms with Crippen molar-refractivity contribution in [3.8, 4) is 0 Å². The molecule has 0 spiro atoms. The first kappa shape index (κ1) is 14.4. The number of hydrogen-bond donors (Lipinski definition) is 0. The number of hydrogen-bond acceptors (Lipinski definition) is 2. The van der Waals surface area contributed by atoms with E-state index in [0.717, 1.165) is 51.3 Å². The van der Waals surface area contributed by atoms with E-state index in [1.165, 1.54) is 0 Å². The van der Waals surface area contributed by atoms with Crippen LogP contribution >= 0.6 is 34.8 Å². The van der Waals surface area contributed by atoms with Crippen molar-refractivity contribution in [2.45, 2.75) is 12.8 Å². The van der Waals surface area contributed by atoms with E-state index in [1.807, 2.05) is 0 Å². The van der Waals surface area contributed by atoms with Crippen LogP contribution in [0.5, 0.6) is 0 Å². The minimum Gasteiger partial charge on any atom is -0.379 e. The maximum atomic E-state index is 6.17. The van der Waals surface area contributed by atoms with E-state index in [1.54, 1.807) is 12.1 Å². The van der Waals surface area contributed by atoms with E-state index >= 15 is 0 Å². The Morgan fingerprint density at radius 3 is 2.44 bits per heavy atom. The molecule has 0 N–H and O–H groups in total. The molecule has 2 nitrogen and oxygen atoms in total. The van der Waals surface area contributed by atoms with Gasteiger partial charge in [-0.2, -0.15) is 0 Å². The van der Waals surface area contributed by atoms with Gasteiger partial charge in [0.25, 0.3) is 0 Å². The highest BCUT2D eigenvalue weighted by Crippen LogP contribution is 2.32. The van der Waals surface area contributed by atoms with Crippen LogP contribution < -0.4 is 0 Å². The van der Waals surface area contributed by atoms with Gasteiger partial charge in [0.1, 0.15) is 0 Å². The maximum Gasteiger partial charge on any atom is 0.0639 e. The van der Waals surface area contributed by atoms with Crippen LogP contribution in [0.3, 0.4) is 0 Å². The number of benzene rings is 1. The molecule has 100 valence electrons. The molecule has 0 atom stereocenters. The summed E-state index contributed by atoms with van der Waals surface area (Å²) in [5.41, 5.74) is 0.957. The first-order chi connectivity index (χ1) is 8.68. The molecule has 5 heteroatoms. The van der Waals surface area contributed by atoms with Crippen molar-refractivity contribution in [2.24, 2.45) is 0 Å². The normalized spacial score (nSPS) is 17.1. The molecule has 0 amide bonds. The number of morpholine rings is 1. The molecule has 1 aliphatic rings. The lowest BCUT2D eigenvalue weighted by Crippen LogP contribution is -2.36. The predicted molar refractivity (Wildman–Crippen MR) is 77.1 cm³/mol. The molecular formula is C13H16Cl3NO. The summed E-state index contributed by atoms with van der Waals surface area (Å²) in [5, 5.41) is 1.86. The van der Waals surface area contributed by atoms with Crippen LogP contribution in [0.2, 0.25) is 15.1 Å². The van der Waals surface area contributed by atoms with Gasteiger partial charge >= 0.3 is 0 Å². The Morgan fingerprint density at radius 1 is 1.06 bits per heavy atom. The Hall–Kier alpha value is 0.01000. The second-order valence-electron chi connectivity index (χ2n) is 4.38. The van der Waals surface area contributed by atoms with E-state index in [4.69, 9.17) is 39.5 Å². The van der Waals surface area contributed by atoms with Gasteiger partial charge in [0.05, 0.1) is 23.3 Å². The Bertz CT molecular complexity index is 405. The molecule has 0 saturated carbocycles. The zero-order chi connectivity index (χ0) is 13.0. The van der Waals surface area contributed by atoms with Crippen molar-refractivity contribution in [3.63, 3.8) is 0 Å². The number of halogens is 3. The van der Waals surface area contributed by atoms with Crippen LogP contribution in [0.15, 0.2) is 12.1 Å². The van der Waals surface area contributed by atoms with Gasteiger partial charge in [0, 0.05) is 18.1 Å². The van der Waals surface area contributed by atoms with E-state index < -0.39 is 0 Å². The van der Waals surface area contributed by atoms with E-state index in [9.17, 15) is 0 Å². The van der Waals surface area contributed by atoms with Gasteiger partial charge in [-0.3, -0.25) is 4.90 Å². The molecule has 0 aliphatic carbocycles. The van der Waals surface area contributed by atoms with Gasteiger partial charge in [0.15, 0.2) is 0 Å². The van der Waals surface area contributed by atoms with Crippen LogP contribution in [0.1, 0.15) is 12.0 Å². The molecule has 1 aromatic rings. The fraction of sp³-hybridized carbons (Fsp3) is 0.538. The predicted octanol–water partition coefficient (Wildman–Crippen LogP) is 3.91. The average Bonchev–Trinajstić information content (AvgIpc) is 2.39. The fourth-order valence-corrected chi connectivity index (χ4v) is 2.84. The highest BCUT2D eigenvalue weighted by molar-refractivity contribution is 6.44. The van der Waals surface area contributed by atoms with Gasteiger partial charge < -0.3 is 4.74 Å². The molecule has 1 heterocycles. The SMILES string of the molecule is Clc1ccc(Cl)c(CCCN2CCOCC2)c1Cl. The summed E-state index contributed by atoms with van der Waals surface area (Å²) in [7, 11) is 0. The molecule has 0 aromatic heterocycles. The molecule has 18 heavy (non-hydrogen) atoms. The molecular weight excluding hydrogens is 293 g/mol. The van der Waals surface area contributed by atoms with Gasteiger partial charge in [-0.15, -0.1) is 0 Å². The van der Waals surface area contributed by atoms with Crippen molar-refractivity contribution in [1.29, 1.82) is 0 Å². The topological polar surface area (TPSA) is 12.5 Å². The summed E-state index contributed by atoms with van der Waals surface area (Å²) in [4.78, 5) is 2.40. The van der Waals surface area contributed by atoms with Crippen molar-refractivity contribution in [1.82, 2.24) is 4.90 Å². The average molecular weight is 309 g/mol. The van der Waals surface area contributed by atoms with Gasteiger partial charge in [-0.25, -0.2) is 0 Å². The van der Waals surface area contributed by atoms with Gasteiger partial charge in [-0.05, 0) is 37.1 Å². The Morgan fingerprint density at radius 2 is 1.72 bits per heavy atom. The summed E-state index contributed by atoms with van der Waals surface area (Å²) in [5.74, 6) is 0.